The second-order valence-corrected chi connectivity index (χ2v) is 5.61. The van der Waals surface area contributed by atoms with Gasteiger partial charge >= 0.3 is 0 Å². The molecule has 1 nitrogen and oxygen atoms in total. The first-order chi connectivity index (χ1) is 8.66. The molecule has 1 aliphatic carbocycles. The fraction of sp³-hybridized carbons (Fsp3) is 0.250. The molecule has 0 atom stereocenters. The highest BCUT2D eigenvalue weighted by Crippen LogP contribution is 2.45. The Labute approximate surface area is 109 Å². The zero-order valence-electron chi connectivity index (χ0n) is 9.78. The first-order valence-electron chi connectivity index (χ1n) is 5.13. The van der Waals surface area contributed by atoms with Gasteiger partial charge in [-0.3, -0.25) is 4.79 Å². The predicted molar refractivity (Wildman–Crippen MR) is 59.0 cm³/mol. The summed E-state index contributed by atoms with van der Waals surface area (Å²) in [6.45, 7) is 3.16. The summed E-state index contributed by atoms with van der Waals surface area (Å²) in [5.74, 6) is -10.5. The average molecular weight is 294 g/mol. The summed E-state index contributed by atoms with van der Waals surface area (Å²) in [5, 5.41) is 0. The summed E-state index contributed by atoms with van der Waals surface area (Å²) in [5.41, 5.74) is -0.771. The molecule has 0 saturated carbocycles. The summed E-state index contributed by atoms with van der Waals surface area (Å²) >= 11 is 0.246. The first kappa shape index (κ1) is 14.0. The molecule has 0 radical (unpaired) electrons. The number of ketones is 1. The highest BCUT2D eigenvalue weighted by atomic mass is 32.2. The summed E-state index contributed by atoms with van der Waals surface area (Å²) in [4.78, 5) is 10.5. The minimum absolute atomic E-state index is 0.0341. The van der Waals surface area contributed by atoms with Gasteiger partial charge in [-0.2, -0.15) is 0 Å². The van der Waals surface area contributed by atoms with Crippen molar-refractivity contribution in [2.24, 2.45) is 5.41 Å². The minimum Gasteiger partial charge on any atom is -0.293 e. The maximum atomic E-state index is 13.4. The van der Waals surface area contributed by atoms with E-state index in [1.54, 1.807) is 13.8 Å². The fourth-order valence-electron chi connectivity index (χ4n) is 1.56. The molecule has 0 heterocycles. The Balaban J connectivity index is 2.46. The van der Waals surface area contributed by atoms with Gasteiger partial charge in [0.15, 0.2) is 29.1 Å². The Morgan fingerprint density at radius 3 is 1.68 bits per heavy atom. The predicted octanol–water partition coefficient (Wildman–Crippen LogP) is 3.97. The van der Waals surface area contributed by atoms with Crippen molar-refractivity contribution in [1.29, 1.82) is 0 Å². The standard InChI is InChI=1S/C12H7F5OS/c1-12(2)3-4(11(12)18)19-10-8(16)6(14)5(13)7(15)9(10)17/h3H,1-2H3. The van der Waals surface area contributed by atoms with E-state index in [-0.39, 0.29) is 16.7 Å². The maximum Gasteiger partial charge on any atom is 0.200 e. The summed E-state index contributed by atoms with van der Waals surface area (Å²) in [6.07, 6.45) is 1.41. The van der Waals surface area contributed by atoms with E-state index in [4.69, 9.17) is 0 Å². The Kier molecular flexibility index (Phi) is 3.20. The molecule has 0 spiro atoms. The number of thioether (sulfide) groups is 1. The maximum absolute atomic E-state index is 13.4. The molecule has 1 aromatic carbocycles. The Bertz CT molecular complexity index is 592. The number of allylic oxidation sites excluding steroid dienone is 2. The fourth-order valence-corrected chi connectivity index (χ4v) is 2.85. The van der Waals surface area contributed by atoms with Gasteiger partial charge in [-0.1, -0.05) is 17.8 Å². The Morgan fingerprint density at radius 1 is 0.895 bits per heavy atom. The van der Waals surface area contributed by atoms with Crippen LogP contribution in [0.3, 0.4) is 0 Å². The van der Waals surface area contributed by atoms with Crippen LogP contribution < -0.4 is 0 Å². The van der Waals surface area contributed by atoms with Crippen LogP contribution >= 0.6 is 11.8 Å². The molecule has 0 N–H and O–H groups in total. The smallest absolute Gasteiger partial charge is 0.200 e. The zero-order chi connectivity index (χ0) is 14.5. The number of rotatable bonds is 2. The molecule has 0 bridgehead atoms. The molecule has 1 aromatic rings. The third-order valence-electron chi connectivity index (χ3n) is 2.68. The lowest BCUT2D eigenvalue weighted by Crippen LogP contribution is -2.32. The van der Waals surface area contributed by atoms with Crippen LogP contribution in [0.15, 0.2) is 15.9 Å². The zero-order valence-corrected chi connectivity index (χ0v) is 10.6. The number of Topliss-reactive ketones (excluding diaryl/α,β-unsaturated/α-hetero) is 1. The Hall–Kier alpha value is -1.37. The third-order valence-corrected chi connectivity index (χ3v) is 3.77. The van der Waals surface area contributed by atoms with Crippen molar-refractivity contribution in [3.05, 3.63) is 40.1 Å². The van der Waals surface area contributed by atoms with E-state index in [1.807, 2.05) is 0 Å². The van der Waals surface area contributed by atoms with Crippen molar-refractivity contribution in [1.82, 2.24) is 0 Å². The van der Waals surface area contributed by atoms with Gasteiger partial charge in [0.25, 0.3) is 0 Å². The molecule has 0 unspecified atom stereocenters. The largest absolute Gasteiger partial charge is 0.293 e. The second-order valence-electron chi connectivity index (χ2n) is 4.56. The average Bonchev–Trinajstić information content (AvgIpc) is 2.37. The number of benzene rings is 1. The van der Waals surface area contributed by atoms with Crippen molar-refractivity contribution < 1.29 is 26.7 Å². The molecular formula is C12H7F5OS. The molecule has 0 aromatic heterocycles. The van der Waals surface area contributed by atoms with Crippen LogP contribution in [0.5, 0.6) is 0 Å². The van der Waals surface area contributed by atoms with Gasteiger partial charge in [0, 0.05) is 5.41 Å². The number of carbonyl (C=O) groups is 1. The molecule has 1 aliphatic rings. The number of carbonyl (C=O) groups excluding carboxylic acids is 1. The molecule has 19 heavy (non-hydrogen) atoms. The normalized spacial score (nSPS) is 17.2. The molecule has 0 saturated heterocycles. The molecule has 102 valence electrons. The van der Waals surface area contributed by atoms with E-state index in [0.717, 1.165) is 0 Å². The van der Waals surface area contributed by atoms with Gasteiger partial charge in [-0.25, -0.2) is 22.0 Å². The van der Waals surface area contributed by atoms with Gasteiger partial charge in [0.1, 0.15) is 0 Å². The van der Waals surface area contributed by atoms with E-state index >= 15 is 0 Å². The molecular weight excluding hydrogens is 287 g/mol. The van der Waals surface area contributed by atoms with Crippen LogP contribution in [0, 0.1) is 34.5 Å². The van der Waals surface area contributed by atoms with Crippen molar-refractivity contribution in [3.8, 4) is 0 Å². The monoisotopic (exact) mass is 294 g/mol. The molecule has 0 amide bonds. The van der Waals surface area contributed by atoms with E-state index in [1.165, 1.54) is 6.08 Å². The van der Waals surface area contributed by atoms with Gasteiger partial charge < -0.3 is 0 Å². The van der Waals surface area contributed by atoms with Gasteiger partial charge in [-0.05, 0) is 13.8 Å². The van der Waals surface area contributed by atoms with Crippen LogP contribution in [0.4, 0.5) is 22.0 Å². The van der Waals surface area contributed by atoms with Crippen LogP contribution in [0.2, 0.25) is 0 Å². The van der Waals surface area contributed by atoms with Crippen LogP contribution in [0.25, 0.3) is 0 Å². The number of hydrogen-bond donors (Lipinski definition) is 0. The Morgan fingerprint density at radius 2 is 1.32 bits per heavy atom. The lowest BCUT2D eigenvalue weighted by atomic mass is 9.79. The van der Waals surface area contributed by atoms with Gasteiger partial charge in [0.2, 0.25) is 5.82 Å². The van der Waals surface area contributed by atoms with E-state index in [9.17, 15) is 26.7 Å². The topological polar surface area (TPSA) is 17.1 Å². The van der Waals surface area contributed by atoms with Crippen LogP contribution in [-0.2, 0) is 4.79 Å². The minimum atomic E-state index is -2.21. The molecule has 7 heteroatoms. The van der Waals surface area contributed by atoms with Gasteiger partial charge in [0.05, 0.1) is 9.80 Å². The van der Waals surface area contributed by atoms with Crippen molar-refractivity contribution >= 4 is 17.5 Å². The number of halogens is 5. The summed E-state index contributed by atoms with van der Waals surface area (Å²) < 4.78 is 65.4. The summed E-state index contributed by atoms with van der Waals surface area (Å²) in [6, 6.07) is 0. The second kappa shape index (κ2) is 4.33. The first-order valence-corrected chi connectivity index (χ1v) is 5.95. The third kappa shape index (κ3) is 2.05. The van der Waals surface area contributed by atoms with Gasteiger partial charge in [-0.15, -0.1) is 0 Å². The van der Waals surface area contributed by atoms with Crippen molar-refractivity contribution in [2.45, 2.75) is 18.7 Å². The highest BCUT2D eigenvalue weighted by Gasteiger charge is 2.39. The quantitative estimate of drug-likeness (QED) is 0.466. The lowest BCUT2D eigenvalue weighted by molar-refractivity contribution is -0.122. The molecule has 2 rings (SSSR count). The molecule has 0 aliphatic heterocycles. The van der Waals surface area contributed by atoms with E-state index in [2.05, 4.69) is 0 Å². The number of hydrogen-bond acceptors (Lipinski definition) is 2. The van der Waals surface area contributed by atoms with Crippen LogP contribution in [-0.4, -0.2) is 5.78 Å². The van der Waals surface area contributed by atoms with Crippen LogP contribution in [0.1, 0.15) is 13.8 Å². The molecule has 0 fully saturated rings. The summed E-state index contributed by atoms with van der Waals surface area (Å²) in [7, 11) is 0. The van der Waals surface area contributed by atoms with E-state index < -0.39 is 45.2 Å². The van der Waals surface area contributed by atoms with E-state index in [0.29, 0.717) is 0 Å². The van der Waals surface area contributed by atoms with Crippen molar-refractivity contribution in [2.75, 3.05) is 0 Å². The van der Waals surface area contributed by atoms with Crippen molar-refractivity contribution in [3.63, 3.8) is 0 Å². The SMILES string of the molecule is CC1(C)C=C(Sc2c(F)c(F)c(F)c(F)c2F)C1=O. The lowest BCUT2D eigenvalue weighted by Gasteiger charge is -2.30. The highest BCUT2D eigenvalue weighted by molar-refractivity contribution is 8.04.